The SMILES string of the molecule is O=C(O)CCN1CCc2cc(S)ccc21. The van der Waals surface area contributed by atoms with Crippen molar-refractivity contribution in [2.45, 2.75) is 17.7 Å². The van der Waals surface area contributed by atoms with Crippen molar-refractivity contribution >= 4 is 24.3 Å². The molecule has 0 unspecified atom stereocenters. The zero-order valence-corrected chi connectivity index (χ0v) is 9.20. The Labute approximate surface area is 94.1 Å². The number of anilines is 1. The first-order valence-electron chi connectivity index (χ1n) is 4.95. The van der Waals surface area contributed by atoms with Crippen molar-refractivity contribution in [1.29, 1.82) is 0 Å². The van der Waals surface area contributed by atoms with E-state index >= 15 is 0 Å². The molecule has 2 rings (SSSR count). The number of fused-ring (bicyclic) bond motifs is 1. The van der Waals surface area contributed by atoms with Crippen molar-refractivity contribution in [1.82, 2.24) is 0 Å². The number of hydrogen-bond donors (Lipinski definition) is 2. The van der Waals surface area contributed by atoms with Crippen LogP contribution in [0.3, 0.4) is 0 Å². The van der Waals surface area contributed by atoms with Crippen LogP contribution in [0.4, 0.5) is 5.69 Å². The molecule has 80 valence electrons. The molecule has 1 aromatic rings. The summed E-state index contributed by atoms with van der Waals surface area (Å²) in [5, 5.41) is 8.63. The molecule has 0 fully saturated rings. The van der Waals surface area contributed by atoms with E-state index in [0.29, 0.717) is 6.54 Å². The van der Waals surface area contributed by atoms with Gasteiger partial charge in [0.25, 0.3) is 0 Å². The van der Waals surface area contributed by atoms with Gasteiger partial charge in [0, 0.05) is 23.7 Å². The number of aliphatic carboxylic acids is 1. The van der Waals surface area contributed by atoms with Crippen LogP contribution >= 0.6 is 12.6 Å². The maximum Gasteiger partial charge on any atom is 0.305 e. The highest BCUT2D eigenvalue weighted by Gasteiger charge is 2.19. The zero-order valence-electron chi connectivity index (χ0n) is 8.31. The van der Waals surface area contributed by atoms with Crippen molar-refractivity contribution in [3.8, 4) is 0 Å². The van der Waals surface area contributed by atoms with Crippen LogP contribution in [-0.4, -0.2) is 24.2 Å². The van der Waals surface area contributed by atoms with Crippen LogP contribution in [0.25, 0.3) is 0 Å². The first-order chi connectivity index (χ1) is 7.16. The van der Waals surface area contributed by atoms with Gasteiger partial charge in [0.2, 0.25) is 0 Å². The standard InChI is InChI=1S/C11H13NO2S/c13-11(14)4-6-12-5-3-8-7-9(15)1-2-10(8)12/h1-2,7,15H,3-6H2,(H,13,14). The highest BCUT2D eigenvalue weighted by molar-refractivity contribution is 7.80. The van der Waals surface area contributed by atoms with E-state index in [1.165, 1.54) is 5.56 Å². The smallest absolute Gasteiger partial charge is 0.305 e. The van der Waals surface area contributed by atoms with Gasteiger partial charge in [-0.25, -0.2) is 0 Å². The summed E-state index contributed by atoms with van der Waals surface area (Å²) >= 11 is 4.28. The number of thiol groups is 1. The van der Waals surface area contributed by atoms with Gasteiger partial charge in [0.05, 0.1) is 6.42 Å². The van der Waals surface area contributed by atoms with Gasteiger partial charge in [-0.2, -0.15) is 0 Å². The predicted molar refractivity (Wildman–Crippen MR) is 61.9 cm³/mol. The third-order valence-corrected chi connectivity index (χ3v) is 2.93. The highest BCUT2D eigenvalue weighted by Crippen LogP contribution is 2.29. The second kappa shape index (κ2) is 4.14. The normalized spacial score (nSPS) is 14.1. The average molecular weight is 223 g/mol. The zero-order chi connectivity index (χ0) is 10.8. The molecule has 0 atom stereocenters. The van der Waals surface area contributed by atoms with Crippen molar-refractivity contribution in [2.75, 3.05) is 18.0 Å². The second-order valence-electron chi connectivity index (χ2n) is 3.69. The minimum atomic E-state index is -0.741. The van der Waals surface area contributed by atoms with E-state index in [1.807, 2.05) is 12.1 Å². The van der Waals surface area contributed by atoms with Gasteiger partial charge in [-0.1, -0.05) is 0 Å². The van der Waals surface area contributed by atoms with Crippen LogP contribution in [0.2, 0.25) is 0 Å². The predicted octanol–water partition coefficient (Wildman–Crippen LogP) is 1.81. The van der Waals surface area contributed by atoms with Gasteiger partial charge < -0.3 is 10.0 Å². The Morgan fingerprint density at radius 1 is 1.53 bits per heavy atom. The molecule has 0 saturated carbocycles. The lowest BCUT2D eigenvalue weighted by atomic mass is 10.2. The summed E-state index contributed by atoms with van der Waals surface area (Å²) in [5.74, 6) is -0.741. The molecule has 1 aliphatic heterocycles. The molecule has 1 N–H and O–H groups in total. The fourth-order valence-electron chi connectivity index (χ4n) is 1.92. The number of nitrogens with zero attached hydrogens (tertiary/aromatic N) is 1. The Morgan fingerprint density at radius 2 is 2.33 bits per heavy atom. The van der Waals surface area contributed by atoms with Crippen LogP contribution in [0.5, 0.6) is 0 Å². The van der Waals surface area contributed by atoms with Crippen molar-refractivity contribution in [2.24, 2.45) is 0 Å². The Bertz CT molecular complexity index is 392. The van der Waals surface area contributed by atoms with E-state index in [-0.39, 0.29) is 6.42 Å². The van der Waals surface area contributed by atoms with Gasteiger partial charge >= 0.3 is 5.97 Å². The number of carboxylic acid groups (broad SMARTS) is 1. The molecule has 0 bridgehead atoms. The lowest BCUT2D eigenvalue weighted by molar-refractivity contribution is -0.136. The maximum atomic E-state index is 10.5. The molecule has 0 radical (unpaired) electrons. The topological polar surface area (TPSA) is 40.5 Å². The summed E-state index contributed by atoms with van der Waals surface area (Å²) in [4.78, 5) is 13.6. The summed E-state index contributed by atoms with van der Waals surface area (Å²) < 4.78 is 0. The van der Waals surface area contributed by atoms with Crippen LogP contribution in [0, 0.1) is 0 Å². The van der Waals surface area contributed by atoms with Gasteiger partial charge in [0.1, 0.15) is 0 Å². The Morgan fingerprint density at radius 3 is 3.07 bits per heavy atom. The van der Waals surface area contributed by atoms with Crippen molar-refractivity contribution in [3.05, 3.63) is 23.8 Å². The monoisotopic (exact) mass is 223 g/mol. The molecule has 0 aromatic heterocycles. The number of rotatable bonds is 3. The fourth-order valence-corrected chi connectivity index (χ4v) is 2.15. The van der Waals surface area contributed by atoms with E-state index < -0.39 is 5.97 Å². The molecule has 4 heteroatoms. The summed E-state index contributed by atoms with van der Waals surface area (Å²) in [7, 11) is 0. The van der Waals surface area contributed by atoms with Crippen LogP contribution < -0.4 is 4.90 Å². The molecular formula is C11H13NO2S. The molecule has 1 heterocycles. The number of carboxylic acids is 1. The van der Waals surface area contributed by atoms with Crippen LogP contribution in [-0.2, 0) is 11.2 Å². The Kier molecular flexibility index (Phi) is 2.86. The summed E-state index contributed by atoms with van der Waals surface area (Å²) in [5.41, 5.74) is 2.43. The number of carbonyl (C=O) groups is 1. The molecule has 15 heavy (non-hydrogen) atoms. The molecule has 0 aliphatic carbocycles. The van der Waals surface area contributed by atoms with Crippen LogP contribution in [0.1, 0.15) is 12.0 Å². The quantitative estimate of drug-likeness (QED) is 0.768. The molecular weight excluding hydrogens is 210 g/mol. The molecule has 0 amide bonds. The molecule has 0 saturated heterocycles. The first-order valence-corrected chi connectivity index (χ1v) is 5.40. The first kappa shape index (κ1) is 10.4. The Hall–Kier alpha value is -1.16. The Balaban J connectivity index is 2.11. The molecule has 1 aromatic carbocycles. The maximum absolute atomic E-state index is 10.5. The lowest BCUT2D eigenvalue weighted by Gasteiger charge is -2.18. The average Bonchev–Trinajstić information content (AvgIpc) is 2.57. The van der Waals surface area contributed by atoms with Crippen molar-refractivity contribution < 1.29 is 9.90 Å². The van der Waals surface area contributed by atoms with Crippen molar-refractivity contribution in [3.63, 3.8) is 0 Å². The van der Waals surface area contributed by atoms with E-state index in [4.69, 9.17) is 5.11 Å². The largest absolute Gasteiger partial charge is 0.481 e. The number of benzene rings is 1. The third kappa shape index (κ3) is 2.26. The van der Waals surface area contributed by atoms with E-state index in [1.54, 1.807) is 0 Å². The summed E-state index contributed by atoms with van der Waals surface area (Å²) in [6, 6.07) is 6.02. The lowest BCUT2D eigenvalue weighted by Crippen LogP contribution is -2.23. The fraction of sp³-hybridized carbons (Fsp3) is 0.364. The van der Waals surface area contributed by atoms with E-state index in [9.17, 15) is 4.79 Å². The van der Waals surface area contributed by atoms with Gasteiger partial charge in [0.15, 0.2) is 0 Å². The van der Waals surface area contributed by atoms with Gasteiger partial charge in [-0.3, -0.25) is 4.79 Å². The molecule has 1 aliphatic rings. The minimum absolute atomic E-state index is 0.196. The molecule has 3 nitrogen and oxygen atoms in total. The van der Waals surface area contributed by atoms with E-state index in [2.05, 4.69) is 23.6 Å². The molecule has 0 spiro atoms. The summed E-state index contributed by atoms with van der Waals surface area (Å²) in [6.45, 7) is 1.51. The van der Waals surface area contributed by atoms with Crippen LogP contribution in [0.15, 0.2) is 23.1 Å². The highest BCUT2D eigenvalue weighted by atomic mass is 32.1. The second-order valence-corrected chi connectivity index (χ2v) is 4.21. The minimum Gasteiger partial charge on any atom is -0.481 e. The van der Waals surface area contributed by atoms with Gasteiger partial charge in [-0.05, 0) is 30.2 Å². The number of hydrogen-bond acceptors (Lipinski definition) is 3. The summed E-state index contributed by atoms with van der Waals surface area (Å²) in [6.07, 6.45) is 1.19. The third-order valence-electron chi connectivity index (χ3n) is 2.65. The van der Waals surface area contributed by atoms with E-state index in [0.717, 1.165) is 23.5 Å². The van der Waals surface area contributed by atoms with Gasteiger partial charge in [-0.15, -0.1) is 12.6 Å².